The number of hydrogen-bond donors (Lipinski definition) is 3. The minimum Gasteiger partial charge on any atom is -0.453 e. The van der Waals surface area contributed by atoms with Crippen molar-refractivity contribution in [3.8, 4) is 33.6 Å². The molecule has 2 aliphatic heterocycles. The molecule has 0 radical (unpaired) electrons. The summed E-state index contributed by atoms with van der Waals surface area (Å²) < 4.78 is 10.2. The monoisotopic (exact) mass is 723 g/mol. The minimum absolute atomic E-state index is 0.116. The summed E-state index contributed by atoms with van der Waals surface area (Å²) in [6.45, 7) is 1.38. The van der Waals surface area contributed by atoms with Gasteiger partial charge in [0.2, 0.25) is 5.91 Å². The summed E-state index contributed by atoms with van der Waals surface area (Å²) in [5, 5.41) is 4.69. The summed E-state index contributed by atoms with van der Waals surface area (Å²) in [6.07, 6.45) is 6.09. The molecule has 4 aromatic carbocycles. The first kappa shape index (κ1) is 34.6. The number of fused-ring (bicyclic) bond motifs is 1. The van der Waals surface area contributed by atoms with E-state index in [0.717, 1.165) is 87.3 Å². The summed E-state index contributed by atoms with van der Waals surface area (Å²) >= 11 is 0. The molecule has 6 aromatic rings. The van der Waals surface area contributed by atoms with Gasteiger partial charge in [0.15, 0.2) is 0 Å². The first-order valence-corrected chi connectivity index (χ1v) is 18.3. The Morgan fingerprint density at radius 3 is 1.98 bits per heavy atom. The average Bonchev–Trinajstić information content (AvgIpc) is 4.06. The fourth-order valence-electron chi connectivity index (χ4n) is 7.48. The lowest BCUT2D eigenvalue weighted by Crippen LogP contribution is -2.40. The molecule has 12 heteroatoms. The Morgan fingerprint density at radius 2 is 1.30 bits per heavy atom. The van der Waals surface area contributed by atoms with E-state index in [1.807, 2.05) is 42.7 Å². The van der Waals surface area contributed by atoms with Gasteiger partial charge in [-0.05, 0) is 70.8 Å². The normalized spacial score (nSPS) is 16.8. The van der Waals surface area contributed by atoms with Gasteiger partial charge < -0.3 is 29.7 Å². The number of aromatic amines is 2. The number of carbonyl (C=O) groups is 3. The van der Waals surface area contributed by atoms with E-state index in [0.29, 0.717) is 13.1 Å². The SMILES string of the molecule is COC(=O)NCC(=O)N1CCC[C@H]1c1ncc(-c2ccc3cc(-c4ccc(-c5cnc([C@@H]6CCCN6C(=O)OCc6ccccc6)[nH]5)cc4)ccc3c2)[nH]1. The summed E-state index contributed by atoms with van der Waals surface area (Å²) in [5.41, 5.74) is 6.97. The molecule has 0 spiro atoms. The van der Waals surface area contributed by atoms with Crippen molar-refractivity contribution >= 4 is 28.9 Å². The van der Waals surface area contributed by atoms with E-state index in [9.17, 15) is 14.4 Å². The number of rotatable bonds is 9. The van der Waals surface area contributed by atoms with Crippen molar-refractivity contribution in [2.45, 2.75) is 44.4 Å². The van der Waals surface area contributed by atoms with Crippen molar-refractivity contribution < 1.29 is 23.9 Å². The lowest BCUT2D eigenvalue weighted by atomic mass is 9.98. The van der Waals surface area contributed by atoms with Gasteiger partial charge in [-0.1, -0.05) is 78.9 Å². The molecule has 2 aromatic heterocycles. The Kier molecular flexibility index (Phi) is 9.80. The molecular formula is C42H41N7O5. The molecule has 3 amide bonds. The number of aromatic nitrogens is 4. The van der Waals surface area contributed by atoms with Gasteiger partial charge in [-0.15, -0.1) is 0 Å². The van der Waals surface area contributed by atoms with Crippen molar-refractivity contribution in [3.05, 3.63) is 121 Å². The van der Waals surface area contributed by atoms with Gasteiger partial charge >= 0.3 is 12.2 Å². The van der Waals surface area contributed by atoms with Crippen LogP contribution >= 0.6 is 0 Å². The molecule has 3 N–H and O–H groups in total. The number of benzene rings is 4. The summed E-state index contributed by atoms with van der Waals surface area (Å²) in [7, 11) is 1.27. The fraction of sp³-hybridized carbons (Fsp3) is 0.262. The maximum absolute atomic E-state index is 13.0. The van der Waals surface area contributed by atoms with Crippen LogP contribution in [0.25, 0.3) is 44.4 Å². The number of nitrogens with one attached hydrogen (secondary N) is 3. The number of methoxy groups -OCH3 is 1. The van der Waals surface area contributed by atoms with Crippen LogP contribution in [0.4, 0.5) is 9.59 Å². The Hall–Kier alpha value is -6.43. The van der Waals surface area contributed by atoms with E-state index in [2.05, 4.69) is 90.7 Å². The van der Waals surface area contributed by atoms with Crippen LogP contribution in [0.1, 0.15) is 55.0 Å². The van der Waals surface area contributed by atoms with Gasteiger partial charge in [-0.25, -0.2) is 19.6 Å². The number of hydrogen-bond acceptors (Lipinski definition) is 7. The number of ether oxygens (including phenoxy) is 2. The van der Waals surface area contributed by atoms with Crippen molar-refractivity contribution in [2.75, 3.05) is 26.7 Å². The van der Waals surface area contributed by atoms with E-state index in [4.69, 9.17) is 4.74 Å². The molecule has 0 aliphatic carbocycles. The van der Waals surface area contributed by atoms with Crippen LogP contribution in [0.3, 0.4) is 0 Å². The number of imidazole rings is 2. The van der Waals surface area contributed by atoms with Gasteiger partial charge in [0.05, 0.1) is 43.0 Å². The standard InChI is InChI=1S/C42H41N7O5/c1-53-41(51)45-25-38(50)48-19-5-9-36(48)39-44-24-35(47-39)33-18-17-31-21-30(15-16-32(31)22-33)28-11-13-29(14-12-28)34-23-43-40(46-34)37-10-6-20-49(37)42(52)54-26-27-7-3-2-4-8-27/h2-4,7-8,11-18,21-24,36-37H,5-6,9-10,19-20,25-26H2,1H3,(H,43,46)(H,44,47)(H,45,51)/t36-,37-/m0/s1. The van der Waals surface area contributed by atoms with Crippen molar-refractivity contribution in [2.24, 2.45) is 0 Å². The highest BCUT2D eigenvalue weighted by molar-refractivity contribution is 5.90. The van der Waals surface area contributed by atoms with E-state index in [1.165, 1.54) is 7.11 Å². The zero-order valence-electron chi connectivity index (χ0n) is 30.0. The number of amides is 3. The molecule has 54 heavy (non-hydrogen) atoms. The van der Waals surface area contributed by atoms with Gasteiger partial charge in [0, 0.05) is 18.7 Å². The largest absolute Gasteiger partial charge is 0.453 e. The molecule has 0 saturated carbocycles. The topological polar surface area (TPSA) is 146 Å². The maximum Gasteiger partial charge on any atom is 0.410 e. The van der Waals surface area contributed by atoms with E-state index in [-0.39, 0.29) is 37.2 Å². The van der Waals surface area contributed by atoms with Crippen LogP contribution in [0.5, 0.6) is 0 Å². The molecule has 12 nitrogen and oxygen atoms in total. The maximum atomic E-state index is 13.0. The summed E-state index contributed by atoms with van der Waals surface area (Å²) in [5.74, 6) is 1.33. The fourth-order valence-corrected chi connectivity index (χ4v) is 7.48. The number of alkyl carbamates (subject to hydrolysis) is 1. The van der Waals surface area contributed by atoms with Gasteiger partial charge in [-0.3, -0.25) is 9.69 Å². The Labute approximate surface area is 312 Å². The number of likely N-dealkylation sites (tertiary alicyclic amines) is 2. The van der Waals surface area contributed by atoms with Crippen LogP contribution in [0.15, 0.2) is 103 Å². The molecule has 8 rings (SSSR count). The van der Waals surface area contributed by atoms with E-state index >= 15 is 0 Å². The third-order valence-electron chi connectivity index (χ3n) is 10.3. The van der Waals surface area contributed by atoms with E-state index in [1.54, 1.807) is 9.80 Å². The third kappa shape index (κ3) is 7.27. The Bertz CT molecular complexity index is 2280. The Morgan fingerprint density at radius 1 is 0.722 bits per heavy atom. The molecule has 2 atom stereocenters. The quantitative estimate of drug-likeness (QED) is 0.138. The molecule has 274 valence electrons. The van der Waals surface area contributed by atoms with Crippen LogP contribution in [-0.4, -0.2) is 74.6 Å². The molecule has 2 fully saturated rings. The first-order valence-electron chi connectivity index (χ1n) is 18.3. The average molecular weight is 724 g/mol. The van der Waals surface area contributed by atoms with Crippen LogP contribution in [0, 0.1) is 0 Å². The van der Waals surface area contributed by atoms with Gasteiger partial charge in [0.25, 0.3) is 0 Å². The molecule has 2 aliphatic rings. The number of nitrogens with zero attached hydrogens (tertiary/aromatic N) is 4. The Balaban J connectivity index is 0.917. The predicted molar refractivity (Wildman–Crippen MR) is 204 cm³/mol. The second-order valence-corrected chi connectivity index (χ2v) is 13.7. The minimum atomic E-state index is -0.630. The number of carbonyl (C=O) groups excluding carboxylic acids is 3. The van der Waals surface area contributed by atoms with Crippen molar-refractivity contribution in [1.29, 1.82) is 0 Å². The second kappa shape index (κ2) is 15.3. The van der Waals surface area contributed by atoms with Crippen molar-refractivity contribution in [3.63, 3.8) is 0 Å². The summed E-state index contributed by atoms with van der Waals surface area (Å²) in [6, 6.07) is 30.6. The molecule has 0 bridgehead atoms. The first-order chi connectivity index (χ1) is 26.4. The van der Waals surface area contributed by atoms with Crippen LogP contribution < -0.4 is 5.32 Å². The second-order valence-electron chi connectivity index (χ2n) is 13.7. The highest BCUT2D eigenvalue weighted by Gasteiger charge is 2.34. The molecule has 4 heterocycles. The van der Waals surface area contributed by atoms with Crippen LogP contribution in [-0.2, 0) is 20.9 Å². The predicted octanol–water partition coefficient (Wildman–Crippen LogP) is 7.78. The zero-order chi connectivity index (χ0) is 37.0. The number of H-pyrrole nitrogens is 2. The van der Waals surface area contributed by atoms with Gasteiger partial charge in [-0.2, -0.15) is 0 Å². The van der Waals surface area contributed by atoms with Crippen molar-refractivity contribution in [1.82, 2.24) is 35.1 Å². The van der Waals surface area contributed by atoms with E-state index < -0.39 is 6.09 Å². The highest BCUT2D eigenvalue weighted by atomic mass is 16.6. The third-order valence-corrected chi connectivity index (χ3v) is 10.3. The molecule has 0 unspecified atom stereocenters. The van der Waals surface area contributed by atoms with Gasteiger partial charge in [0.1, 0.15) is 24.8 Å². The smallest absolute Gasteiger partial charge is 0.410 e. The molecular weight excluding hydrogens is 683 g/mol. The highest BCUT2D eigenvalue weighted by Crippen LogP contribution is 2.35. The lowest BCUT2D eigenvalue weighted by molar-refractivity contribution is -0.131. The van der Waals surface area contributed by atoms with Crippen LogP contribution in [0.2, 0.25) is 0 Å². The lowest BCUT2D eigenvalue weighted by Gasteiger charge is -2.23. The molecule has 2 saturated heterocycles. The summed E-state index contributed by atoms with van der Waals surface area (Å²) in [4.78, 5) is 57.0. The zero-order valence-corrected chi connectivity index (χ0v) is 30.0.